The fraction of sp³-hybridized carbons (Fsp3) is 0.533. The Morgan fingerprint density at radius 3 is 2.39 bits per heavy atom. The summed E-state index contributed by atoms with van der Waals surface area (Å²) < 4.78 is 0. The number of carbonyl (C=O) groups is 1. The molecule has 0 spiro atoms. The van der Waals surface area contributed by atoms with Gasteiger partial charge in [0.1, 0.15) is 0 Å². The molecule has 1 aliphatic rings. The summed E-state index contributed by atoms with van der Waals surface area (Å²) in [6.07, 6.45) is 3.51. The highest BCUT2D eigenvalue weighted by atomic mass is 35.5. The number of nitrogens with zero attached hydrogens (tertiary/aromatic N) is 1. The molecule has 0 aromatic heterocycles. The number of hydrogen-bond donors (Lipinski definition) is 0. The van der Waals surface area contributed by atoms with Crippen LogP contribution < -0.4 is 0 Å². The van der Waals surface area contributed by atoms with Crippen LogP contribution in [0.3, 0.4) is 0 Å². The van der Waals surface area contributed by atoms with Crippen molar-refractivity contribution in [1.29, 1.82) is 0 Å². The lowest BCUT2D eigenvalue weighted by atomic mass is 9.94. The number of benzene rings is 1. The number of halogens is 1. The van der Waals surface area contributed by atoms with E-state index >= 15 is 0 Å². The van der Waals surface area contributed by atoms with Gasteiger partial charge in [0, 0.05) is 24.5 Å². The van der Waals surface area contributed by atoms with E-state index in [0.29, 0.717) is 5.88 Å². The Labute approximate surface area is 114 Å². The highest BCUT2D eigenvalue weighted by Gasteiger charge is 2.22. The summed E-state index contributed by atoms with van der Waals surface area (Å²) >= 11 is 5.74. The van der Waals surface area contributed by atoms with Crippen LogP contribution in [0, 0.1) is 5.92 Å². The number of carbonyl (C=O) groups excluding carboxylic acids is 1. The third kappa shape index (κ3) is 3.05. The molecule has 1 fully saturated rings. The molecular weight excluding hydrogens is 246 g/mol. The Morgan fingerprint density at radius 1 is 1.28 bits per heavy atom. The van der Waals surface area contributed by atoms with Gasteiger partial charge in [-0.3, -0.25) is 4.79 Å². The minimum Gasteiger partial charge on any atom is -0.339 e. The molecule has 1 aromatic rings. The number of alkyl halides is 1. The smallest absolute Gasteiger partial charge is 0.253 e. The fourth-order valence-corrected chi connectivity index (χ4v) is 2.64. The maximum Gasteiger partial charge on any atom is 0.253 e. The summed E-state index contributed by atoms with van der Waals surface area (Å²) in [6, 6.07) is 7.62. The van der Waals surface area contributed by atoms with Gasteiger partial charge in [-0.1, -0.05) is 25.5 Å². The minimum atomic E-state index is 0.158. The summed E-state index contributed by atoms with van der Waals surface area (Å²) in [6.45, 7) is 4.02. The molecule has 1 aromatic carbocycles. The van der Waals surface area contributed by atoms with E-state index in [2.05, 4.69) is 6.92 Å². The summed E-state index contributed by atoms with van der Waals surface area (Å²) in [5.41, 5.74) is 1.83. The highest BCUT2D eigenvalue weighted by Crippen LogP contribution is 2.21. The van der Waals surface area contributed by atoms with E-state index in [1.54, 1.807) is 0 Å². The van der Waals surface area contributed by atoms with Crippen LogP contribution in [-0.2, 0) is 5.88 Å². The minimum absolute atomic E-state index is 0.158. The Balaban J connectivity index is 1.98. The van der Waals surface area contributed by atoms with E-state index in [-0.39, 0.29) is 5.91 Å². The van der Waals surface area contributed by atoms with Crippen LogP contribution in [0.5, 0.6) is 0 Å². The summed E-state index contributed by atoms with van der Waals surface area (Å²) in [5.74, 6) is 1.45. The summed E-state index contributed by atoms with van der Waals surface area (Å²) in [5, 5.41) is 0. The van der Waals surface area contributed by atoms with Crippen molar-refractivity contribution in [2.75, 3.05) is 13.1 Å². The highest BCUT2D eigenvalue weighted by molar-refractivity contribution is 6.17. The lowest BCUT2D eigenvalue weighted by Gasteiger charge is -2.31. The largest absolute Gasteiger partial charge is 0.339 e. The summed E-state index contributed by atoms with van der Waals surface area (Å²) in [7, 11) is 0. The normalized spacial score (nSPS) is 16.9. The van der Waals surface area contributed by atoms with E-state index < -0.39 is 0 Å². The van der Waals surface area contributed by atoms with Gasteiger partial charge in [0.2, 0.25) is 0 Å². The van der Waals surface area contributed by atoms with Gasteiger partial charge in [-0.15, -0.1) is 11.6 Å². The molecule has 3 heteroatoms. The second-order valence-electron chi connectivity index (χ2n) is 4.97. The molecule has 2 rings (SSSR count). The predicted octanol–water partition coefficient (Wildman–Crippen LogP) is 3.69. The standard InChI is InChI=1S/C15H20ClNO/c1-2-12-7-9-17(10-8-12)15(18)14-5-3-13(11-16)4-6-14/h3-6,12H,2,7-11H2,1H3. The predicted molar refractivity (Wildman–Crippen MR) is 74.9 cm³/mol. The molecule has 0 unspecified atom stereocenters. The first-order valence-electron chi connectivity index (χ1n) is 6.68. The monoisotopic (exact) mass is 265 g/mol. The van der Waals surface area contributed by atoms with Crippen LogP contribution in [0.25, 0.3) is 0 Å². The topological polar surface area (TPSA) is 20.3 Å². The average molecular weight is 266 g/mol. The lowest BCUT2D eigenvalue weighted by Crippen LogP contribution is -2.38. The van der Waals surface area contributed by atoms with Gasteiger partial charge in [0.25, 0.3) is 5.91 Å². The Hall–Kier alpha value is -1.02. The van der Waals surface area contributed by atoms with Crippen molar-refractivity contribution in [3.8, 4) is 0 Å². The zero-order valence-electron chi connectivity index (χ0n) is 10.9. The molecule has 0 bridgehead atoms. The van der Waals surface area contributed by atoms with Crippen molar-refractivity contribution in [3.05, 3.63) is 35.4 Å². The Morgan fingerprint density at radius 2 is 1.89 bits per heavy atom. The zero-order chi connectivity index (χ0) is 13.0. The quantitative estimate of drug-likeness (QED) is 0.764. The van der Waals surface area contributed by atoms with E-state index in [9.17, 15) is 4.79 Å². The molecule has 1 aliphatic heterocycles. The number of rotatable bonds is 3. The lowest BCUT2D eigenvalue weighted by molar-refractivity contribution is 0.0689. The van der Waals surface area contributed by atoms with Crippen molar-refractivity contribution >= 4 is 17.5 Å². The zero-order valence-corrected chi connectivity index (χ0v) is 11.6. The van der Waals surface area contributed by atoms with Crippen molar-refractivity contribution < 1.29 is 4.79 Å². The van der Waals surface area contributed by atoms with Gasteiger partial charge in [0.15, 0.2) is 0 Å². The van der Waals surface area contributed by atoms with Crippen molar-refractivity contribution in [2.24, 2.45) is 5.92 Å². The molecule has 1 saturated heterocycles. The molecule has 98 valence electrons. The third-order valence-electron chi connectivity index (χ3n) is 3.83. The van der Waals surface area contributed by atoms with E-state index in [1.165, 1.54) is 6.42 Å². The molecule has 0 atom stereocenters. The molecule has 2 nitrogen and oxygen atoms in total. The van der Waals surface area contributed by atoms with Gasteiger partial charge in [-0.05, 0) is 36.5 Å². The molecule has 18 heavy (non-hydrogen) atoms. The van der Waals surface area contributed by atoms with E-state index in [1.807, 2.05) is 29.2 Å². The second kappa shape index (κ2) is 6.24. The molecule has 0 N–H and O–H groups in total. The first-order chi connectivity index (χ1) is 8.74. The van der Waals surface area contributed by atoms with Gasteiger partial charge < -0.3 is 4.90 Å². The Bertz CT molecular complexity index is 393. The van der Waals surface area contributed by atoms with Crippen LogP contribution in [0.1, 0.15) is 42.1 Å². The SMILES string of the molecule is CCC1CCN(C(=O)c2ccc(CCl)cc2)CC1. The van der Waals surface area contributed by atoms with Crippen molar-refractivity contribution in [1.82, 2.24) is 4.90 Å². The molecule has 0 radical (unpaired) electrons. The molecule has 1 amide bonds. The first-order valence-corrected chi connectivity index (χ1v) is 7.22. The van der Waals surface area contributed by atoms with Crippen LogP contribution in [-0.4, -0.2) is 23.9 Å². The van der Waals surface area contributed by atoms with E-state index in [4.69, 9.17) is 11.6 Å². The van der Waals surface area contributed by atoms with Crippen LogP contribution in [0.15, 0.2) is 24.3 Å². The van der Waals surface area contributed by atoms with Crippen molar-refractivity contribution in [3.63, 3.8) is 0 Å². The Kier molecular flexibility index (Phi) is 4.65. The average Bonchev–Trinajstić information content (AvgIpc) is 2.47. The van der Waals surface area contributed by atoms with E-state index in [0.717, 1.165) is 43.0 Å². The second-order valence-corrected chi connectivity index (χ2v) is 5.24. The van der Waals surface area contributed by atoms with Gasteiger partial charge >= 0.3 is 0 Å². The van der Waals surface area contributed by atoms with Crippen LogP contribution in [0.4, 0.5) is 0 Å². The molecule has 0 aliphatic carbocycles. The van der Waals surface area contributed by atoms with Crippen LogP contribution in [0.2, 0.25) is 0 Å². The fourth-order valence-electron chi connectivity index (χ4n) is 2.46. The van der Waals surface area contributed by atoms with Gasteiger partial charge in [-0.2, -0.15) is 0 Å². The first kappa shape index (κ1) is 13.4. The number of hydrogen-bond acceptors (Lipinski definition) is 1. The van der Waals surface area contributed by atoms with Crippen LogP contribution >= 0.6 is 11.6 Å². The third-order valence-corrected chi connectivity index (χ3v) is 4.14. The van der Waals surface area contributed by atoms with Crippen molar-refractivity contribution in [2.45, 2.75) is 32.1 Å². The molecular formula is C15H20ClNO. The molecule has 1 heterocycles. The maximum absolute atomic E-state index is 12.3. The van der Waals surface area contributed by atoms with Gasteiger partial charge in [0.05, 0.1) is 0 Å². The summed E-state index contributed by atoms with van der Waals surface area (Å²) in [4.78, 5) is 14.3. The molecule has 0 saturated carbocycles. The maximum atomic E-state index is 12.3. The number of amides is 1. The van der Waals surface area contributed by atoms with Gasteiger partial charge in [-0.25, -0.2) is 0 Å². The number of likely N-dealkylation sites (tertiary alicyclic amines) is 1. The number of piperidine rings is 1.